The Kier molecular flexibility index (Phi) is 11.3. The Bertz CT molecular complexity index is 2320. The average Bonchev–Trinajstić information content (AvgIpc) is 3.18. The number of nitrogens with zero attached hydrogens (tertiary/aromatic N) is 3. The molecule has 1 aromatic heterocycles. The third-order valence-corrected chi connectivity index (χ3v) is 8.86. The van der Waals surface area contributed by atoms with E-state index in [4.69, 9.17) is 4.99 Å². The Morgan fingerprint density at radius 1 is 0.765 bits per heavy atom. The largest absolute Gasteiger partial charge is 0.280 e. The van der Waals surface area contributed by atoms with Gasteiger partial charge in [0.2, 0.25) is 0 Å². The van der Waals surface area contributed by atoms with Crippen LogP contribution < -0.4 is 0 Å². The van der Waals surface area contributed by atoms with Gasteiger partial charge in [0.15, 0.2) is 0 Å². The quantitative estimate of drug-likeness (QED) is 0.0951. The van der Waals surface area contributed by atoms with Crippen LogP contribution in [0, 0.1) is 6.92 Å². The summed E-state index contributed by atoms with van der Waals surface area (Å²) in [6, 6.07) is 44.7. The monoisotopic (exact) mass is 659 g/mol. The molecule has 6 aromatic rings. The van der Waals surface area contributed by atoms with E-state index in [-0.39, 0.29) is 0 Å². The van der Waals surface area contributed by atoms with Crippen LogP contribution in [0.15, 0.2) is 198 Å². The number of allylic oxidation sites excluding steroid dienone is 5. The topological polar surface area (TPSA) is 37.6 Å². The Labute approximate surface area is 301 Å². The molecule has 0 saturated heterocycles. The minimum absolute atomic E-state index is 0.513. The molecule has 0 fully saturated rings. The van der Waals surface area contributed by atoms with E-state index in [0.717, 1.165) is 33.5 Å². The molecule has 51 heavy (non-hydrogen) atoms. The van der Waals surface area contributed by atoms with E-state index in [9.17, 15) is 0 Å². The third kappa shape index (κ3) is 8.41. The zero-order valence-electron chi connectivity index (χ0n) is 29.2. The maximum Gasteiger partial charge on any atom is 0.0716 e. The zero-order chi connectivity index (χ0) is 35.4. The summed E-state index contributed by atoms with van der Waals surface area (Å²) in [6.07, 6.45) is 15.5. The van der Waals surface area contributed by atoms with Crippen LogP contribution in [-0.2, 0) is 6.54 Å². The summed E-state index contributed by atoms with van der Waals surface area (Å²) in [4.78, 5) is 13.9. The summed E-state index contributed by atoms with van der Waals surface area (Å²) >= 11 is 0. The van der Waals surface area contributed by atoms with Gasteiger partial charge in [0, 0.05) is 18.0 Å². The summed E-state index contributed by atoms with van der Waals surface area (Å²) in [5, 5.41) is 2.41. The first-order valence-electron chi connectivity index (χ1n) is 17.1. The Morgan fingerprint density at radius 2 is 1.49 bits per heavy atom. The molecule has 0 spiro atoms. The van der Waals surface area contributed by atoms with E-state index in [1.165, 1.54) is 38.6 Å². The minimum Gasteiger partial charge on any atom is -0.280 e. The van der Waals surface area contributed by atoms with E-state index < -0.39 is 0 Å². The third-order valence-electron chi connectivity index (χ3n) is 8.86. The number of aliphatic imine (C=N–C) groups is 2. The number of pyridine rings is 1. The predicted octanol–water partition coefficient (Wildman–Crippen LogP) is 12.1. The predicted molar refractivity (Wildman–Crippen MR) is 219 cm³/mol. The molecular weight excluding hydrogens is 619 g/mol. The van der Waals surface area contributed by atoms with Crippen LogP contribution in [0.2, 0.25) is 0 Å². The van der Waals surface area contributed by atoms with Gasteiger partial charge in [-0.1, -0.05) is 152 Å². The molecule has 0 atom stereocenters. The van der Waals surface area contributed by atoms with Crippen molar-refractivity contribution in [3.05, 3.63) is 221 Å². The summed E-state index contributed by atoms with van der Waals surface area (Å²) < 4.78 is 0. The lowest BCUT2D eigenvalue weighted by Crippen LogP contribution is -2.02. The van der Waals surface area contributed by atoms with Crippen molar-refractivity contribution >= 4 is 34.9 Å². The molecule has 3 nitrogen and oxygen atoms in total. The molecule has 0 amide bonds. The molecule has 0 radical (unpaired) electrons. The van der Waals surface area contributed by atoms with Gasteiger partial charge in [0.05, 0.1) is 18.0 Å². The van der Waals surface area contributed by atoms with Crippen LogP contribution in [0.5, 0.6) is 0 Å². The van der Waals surface area contributed by atoms with E-state index >= 15 is 0 Å². The smallest absolute Gasteiger partial charge is 0.0716 e. The lowest BCUT2D eigenvalue weighted by molar-refractivity contribution is 1.07. The van der Waals surface area contributed by atoms with Crippen LogP contribution >= 0.6 is 0 Å². The minimum atomic E-state index is 0.513. The van der Waals surface area contributed by atoms with Crippen molar-refractivity contribution in [1.82, 2.24) is 4.98 Å². The first-order chi connectivity index (χ1) is 25.1. The maximum absolute atomic E-state index is 5.19. The fourth-order valence-electron chi connectivity index (χ4n) is 6.22. The van der Waals surface area contributed by atoms with E-state index in [2.05, 4.69) is 158 Å². The van der Waals surface area contributed by atoms with Crippen LogP contribution in [0.3, 0.4) is 0 Å². The van der Waals surface area contributed by atoms with Crippen molar-refractivity contribution in [2.45, 2.75) is 20.4 Å². The van der Waals surface area contributed by atoms with Gasteiger partial charge in [0.25, 0.3) is 0 Å². The van der Waals surface area contributed by atoms with E-state index in [1.807, 2.05) is 42.6 Å². The molecular formula is C48H41N3. The van der Waals surface area contributed by atoms with Crippen molar-refractivity contribution in [1.29, 1.82) is 0 Å². The summed E-state index contributed by atoms with van der Waals surface area (Å²) in [7, 11) is 0. The second-order valence-corrected chi connectivity index (χ2v) is 12.2. The molecule has 0 aliphatic heterocycles. The highest BCUT2D eigenvalue weighted by Crippen LogP contribution is 2.34. The molecule has 5 aromatic carbocycles. The van der Waals surface area contributed by atoms with Crippen molar-refractivity contribution < 1.29 is 0 Å². The van der Waals surface area contributed by atoms with Gasteiger partial charge in [-0.05, 0) is 99.6 Å². The van der Waals surface area contributed by atoms with Gasteiger partial charge in [-0.15, -0.1) is 0 Å². The maximum atomic E-state index is 5.19. The molecule has 0 aliphatic carbocycles. The van der Waals surface area contributed by atoms with Gasteiger partial charge in [-0.2, -0.15) is 0 Å². The first-order valence-corrected chi connectivity index (χ1v) is 17.1. The lowest BCUT2D eigenvalue weighted by Gasteiger charge is -2.16. The lowest BCUT2D eigenvalue weighted by atomic mass is 9.88. The van der Waals surface area contributed by atoms with Crippen molar-refractivity contribution in [2.24, 2.45) is 9.98 Å². The van der Waals surface area contributed by atoms with Crippen LogP contribution in [0.25, 0.3) is 33.5 Å². The first kappa shape index (κ1) is 34.4. The van der Waals surface area contributed by atoms with E-state index in [0.29, 0.717) is 12.2 Å². The highest BCUT2D eigenvalue weighted by Gasteiger charge is 2.13. The standard InChI is InChI=1S/C48H41N3/c1-5-14-40(25-22-36-16-13-30-50-33-36)47(49-4)32-48(51-34-37-23-24-38-17-8-9-18-42(38)31-37)41-28-26-39(27-29-41)43(6-2)45-20-11-12-21-46(45)44-19-10-7-15-35(44)3/h5-33H,1,4,34H2,2-3H3/b25-22+,40-14+,43-6-,47-32-,51-48+. The number of aromatic nitrogens is 1. The number of fused-ring (bicyclic) bond motifs is 1. The summed E-state index contributed by atoms with van der Waals surface area (Å²) in [6.45, 7) is 12.7. The summed E-state index contributed by atoms with van der Waals surface area (Å²) in [5.41, 5.74) is 12.7. The van der Waals surface area contributed by atoms with Gasteiger partial charge in [0.1, 0.15) is 0 Å². The Balaban J connectivity index is 1.39. The van der Waals surface area contributed by atoms with Gasteiger partial charge in [-0.3, -0.25) is 15.0 Å². The van der Waals surface area contributed by atoms with Gasteiger partial charge in [-0.25, -0.2) is 0 Å². The molecule has 1 heterocycles. The molecule has 3 heteroatoms. The van der Waals surface area contributed by atoms with Crippen LogP contribution in [-0.4, -0.2) is 17.4 Å². The SMILES string of the molecule is C=C/C=C(\C=C\c1cccnc1)C(=C/C(=N\Cc1ccc2ccccc2c1)c1ccc(/C(=C/C)c2ccccc2-c2ccccc2C)cc1)/N=C. The highest BCUT2D eigenvalue weighted by molar-refractivity contribution is 6.09. The Morgan fingerprint density at radius 3 is 2.22 bits per heavy atom. The summed E-state index contributed by atoms with van der Waals surface area (Å²) in [5.74, 6) is 0. The van der Waals surface area contributed by atoms with Crippen molar-refractivity contribution in [3.63, 3.8) is 0 Å². The van der Waals surface area contributed by atoms with Gasteiger partial charge < -0.3 is 0 Å². The number of benzene rings is 5. The second-order valence-electron chi connectivity index (χ2n) is 12.2. The average molecular weight is 660 g/mol. The van der Waals surface area contributed by atoms with Gasteiger partial charge >= 0.3 is 0 Å². The molecule has 0 N–H and O–H groups in total. The molecule has 0 bridgehead atoms. The molecule has 0 saturated carbocycles. The van der Waals surface area contributed by atoms with Crippen molar-refractivity contribution in [2.75, 3.05) is 0 Å². The number of aryl methyl sites for hydroxylation is 1. The van der Waals surface area contributed by atoms with Crippen LogP contribution in [0.1, 0.15) is 40.3 Å². The number of hydrogen-bond acceptors (Lipinski definition) is 3. The fourth-order valence-corrected chi connectivity index (χ4v) is 6.22. The number of hydrogen-bond donors (Lipinski definition) is 0. The number of rotatable bonds is 12. The molecule has 0 unspecified atom stereocenters. The second kappa shape index (κ2) is 16.8. The highest BCUT2D eigenvalue weighted by atomic mass is 14.8. The molecule has 248 valence electrons. The fraction of sp³-hybridized carbons (Fsp3) is 0.0625. The van der Waals surface area contributed by atoms with Crippen molar-refractivity contribution in [3.8, 4) is 11.1 Å². The van der Waals surface area contributed by atoms with Crippen LogP contribution in [0.4, 0.5) is 0 Å². The Hall–Kier alpha value is -6.45. The van der Waals surface area contributed by atoms with E-state index in [1.54, 1.807) is 12.3 Å². The zero-order valence-corrected chi connectivity index (χ0v) is 29.2. The normalized spacial score (nSPS) is 12.7. The molecule has 0 aliphatic rings. The molecule has 6 rings (SSSR count).